The first-order valence-corrected chi connectivity index (χ1v) is 4.87. The molecule has 0 atom stereocenters. The zero-order chi connectivity index (χ0) is 10.6. The Hall–Kier alpha value is -1.34. The van der Waals surface area contributed by atoms with E-state index in [1.165, 1.54) is 0 Å². The van der Waals surface area contributed by atoms with Crippen LogP contribution in [-0.2, 0) is 0 Å². The van der Waals surface area contributed by atoms with Gasteiger partial charge in [0, 0.05) is 11.0 Å². The van der Waals surface area contributed by atoms with E-state index in [0.717, 1.165) is 16.0 Å². The van der Waals surface area contributed by atoms with Gasteiger partial charge in [-0.25, -0.2) is 4.98 Å². The maximum absolute atomic E-state index is 8.70. The molecular formula is C10H10BrN3. The number of halogens is 1. The van der Waals surface area contributed by atoms with Crippen molar-refractivity contribution in [2.24, 2.45) is 0 Å². The molecule has 0 saturated carbocycles. The highest BCUT2D eigenvalue weighted by Gasteiger charge is 1.99. The molecule has 1 N–H and O–H groups in total. The van der Waals surface area contributed by atoms with Crippen molar-refractivity contribution in [3.8, 4) is 6.07 Å². The maximum atomic E-state index is 8.70. The fourth-order valence-electron chi connectivity index (χ4n) is 0.964. The molecule has 0 fully saturated rings. The van der Waals surface area contributed by atoms with Crippen LogP contribution < -0.4 is 5.32 Å². The third-order valence-electron chi connectivity index (χ3n) is 1.67. The Morgan fingerprint density at radius 2 is 2.43 bits per heavy atom. The molecule has 72 valence electrons. The molecule has 0 spiro atoms. The van der Waals surface area contributed by atoms with Gasteiger partial charge >= 0.3 is 0 Å². The first-order chi connectivity index (χ1) is 6.63. The van der Waals surface area contributed by atoms with Gasteiger partial charge in [0.25, 0.3) is 0 Å². The van der Waals surface area contributed by atoms with Crippen molar-refractivity contribution >= 4 is 21.7 Å². The lowest BCUT2D eigenvalue weighted by atomic mass is 10.2. The number of rotatable bonds is 3. The summed E-state index contributed by atoms with van der Waals surface area (Å²) in [4.78, 5) is 4.22. The Morgan fingerprint density at radius 1 is 1.71 bits per heavy atom. The van der Waals surface area contributed by atoms with Crippen molar-refractivity contribution in [2.75, 3.05) is 11.9 Å². The molecule has 1 aromatic heterocycles. The number of nitrogens with one attached hydrogen (secondary N) is 1. The average Bonchev–Trinajstić information content (AvgIpc) is 2.15. The van der Waals surface area contributed by atoms with Crippen LogP contribution in [0.15, 0.2) is 23.2 Å². The molecule has 14 heavy (non-hydrogen) atoms. The summed E-state index contributed by atoms with van der Waals surface area (Å²) in [5, 5.41) is 11.8. The number of nitrogens with zero attached hydrogens (tertiary/aromatic N) is 2. The second-order valence-electron chi connectivity index (χ2n) is 2.81. The molecule has 1 heterocycles. The van der Waals surface area contributed by atoms with Crippen LogP contribution in [0.2, 0.25) is 0 Å². The van der Waals surface area contributed by atoms with Crippen molar-refractivity contribution in [2.45, 2.75) is 6.92 Å². The van der Waals surface area contributed by atoms with E-state index >= 15 is 0 Å². The zero-order valence-electron chi connectivity index (χ0n) is 7.84. The zero-order valence-corrected chi connectivity index (χ0v) is 9.43. The van der Waals surface area contributed by atoms with E-state index in [2.05, 4.69) is 38.9 Å². The summed E-state index contributed by atoms with van der Waals surface area (Å²) in [5.41, 5.74) is 1.34. The molecule has 0 unspecified atom stereocenters. The molecule has 0 aromatic carbocycles. The van der Waals surface area contributed by atoms with E-state index in [0.29, 0.717) is 12.1 Å². The lowest BCUT2D eigenvalue weighted by Crippen LogP contribution is -2.03. The summed E-state index contributed by atoms with van der Waals surface area (Å²) < 4.78 is 0.862. The van der Waals surface area contributed by atoms with Crippen LogP contribution in [0.5, 0.6) is 0 Å². The molecule has 0 saturated heterocycles. The van der Waals surface area contributed by atoms with E-state index in [-0.39, 0.29) is 0 Å². The predicted molar refractivity (Wildman–Crippen MR) is 60.2 cm³/mol. The number of nitriles is 1. The monoisotopic (exact) mass is 251 g/mol. The third kappa shape index (κ3) is 2.86. The molecule has 0 aliphatic carbocycles. The first-order valence-electron chi connectivity index (χ1n) is 4.08. The minimum atomic E-state index is 0.605. The Bertz CT molecular complexity index is 393. The van der Waals surface area contributed by atoms with Gasteiger partial charge in [0.15, 0.2) is 0 Å². The van der Waals surface area contributed by atoms with Crippen molar-refractivity contribution in [3.63, 3.8) is 0 Å². The molecule has 0 radical (unpaired) electrons. The normalized spacial score (nSPS) is 9.21. The molecule has 3 nitrogen and oxygen atoms in total. The average molecular weight is 252 g/mol. The molecular weight excluding hydrogens is 242 g/mol. The maximum Gasteiger partial charge on any atom is 0.126 e. The molecule has 1 aromatic rings. The quantitative estimate of drug-likeness (QED) is 0.899. The van der Waals surface area contributed by atoms with Crippen molar-refractivity contribution in [3.05, 3.63) is 34.5 Å². The Morgan fingerprint density at radius 3 is 2.93 bits per heavy atom. The number of aryl methyl sites for hydroxylation is 1. The van der Waals surface area contributed by atoms with Gasteiger partial charge in [-0.2, -0.15) is 5.26 Å². The topological polar surface area (TPSA) is 48.7 Å². The van der Waals surface area contributed by atoms with E-state index in [4.69, 9.17) is 5.26 Å². The van der Waals surface area contributed by atoms with Crippen molar-refractivity contribution in [1.29, 1.82) is 5.26 Å². The van der Waals surface area contributed by atoms with Gasteiger partial charge in [-0.3, -0.25) is 0 Å². The standard InChI is InChI=1S/C10H10BrN3/c1-7(11)6-13-10-4-3-9(5-12)8(2)14-10/h3-4H,1,6H2,2H3,(H,13,14). The summed E-state index contributed by atoms with van der Waals surface area (Å²) in [6.07, 6.45) is 0. The highest BCUT2D eigenvalue weighted by atomic mass is 79.9. The second-order valence-corrected chi connectivity index (χ2v) is 3.93. The SMILES string of the molecule is C=C(Br)CNc1ccc(C#N)c(C)n1. The number of aromatic nitrogens is 1. The first kappa shape index (κ1) is 10.7. The minimum Gasteiger partial charge on any atom is -0.365 e. The summed E-state index contributed by atoms with van der Waals surface area (Å²) in [7, 11) is 0. The van der Waals surface area contributed by atoms with Crippen LogP contribution >= 0.6 is 15.9 Å². The number of pyridine rings is 1. The van der Waals surface area contributed by atoms with E-state index in [9.17, 15) is 0 Å². The third-order valence-corrected chi connectivity index (χ3v) is 1.95. The van der Waals surface area contributed by atoms with Crippen LogP contribution in [0.3, 0.4) is 0 Å². The number of anilines is 1. The summed E-state index contributed by atoms with van der Waals surface area (Å²) in [5.74, 6) is 0.752. The molecule has 0 bridgehead atoms. The predicted octanol–water partition coefficient (Wildman–Crippen LogP) is 2.58. The van der Waals surface area contributed by atoms with Gasteiger partial charge in [0.1, 0.15) is 11.9 Å². The second kappa shape index (κ2) is 4.77. The molecule has 1 rings (SSSR count). The molecule has 0 aliphatic heterocycles. The van der Waals surface area contributed by atoms with Gasteiger partial charge in [-0.15, -0.1) is 0 Å². The molecule has 0 aliphatic rings. The van der Waals surface area contributed by atoms with E-state index < -0.39 is 0 Å². The van der Waals surface area contributed by atoms with Crippen LogP contribution in [0.25, 0.3) is 0 Å². The van der Waals surface area contributed by atoms with Crippen molar-refractivity contribution in [1.82, 2.24) is 4.98 Å². The van der Waals surface area contributed by atoms with Gasteiger partial charge in [0.2, 0.25) is 0 Å². The largest absolute Gasteiger partial charge is 0.365 e. The fraction of sp³-hybridized carbons (Fsp3) is 0.200. The van der Waals surface area contributed by atoms with Gasteiger partial charge in [-0.05, 0) is 19.1 Å². The smallest absolute Gasteiger partial charge is 0.126 e. The molecule has 4 heteroatoms. The summed E-state index contributed by atoms with van der Waals surface area (Å²) in [6.45, 7) is 6.14. The van der Waals surface area contributed by atoms with Gasteiger partial charge < -0.3 is 5.32 Å². The minimum absolute atomic E-state index is 0.605. The van der Waals surface area contributed by atoms with E-state index in [1.54, 1.807) is 12.1 Å². The lowest BCUT2D eigenvalue weighted by molar-refractivity contribution is 1.15. The van der Waals surface area contributed by atoms with Gasteiger partial charge in [-0.1, -0.05) is 22.5 Å². The van der Waals surface area contributed by atoms with Crippen LogP contribution in [0, 0.1) is 18.3 Å². The van der Waals surface area contributed by atoms with Crippen molar-refractivity contribution < 1.29 is 0 Å². The van der Waals surface area contributed by atoms with Gasteiger partial charge in [0.05, 0.1) is 11.3 Å². The Balaban J connectivity index is 2.77. The summed E-state index contributed by atoms with van der Waals surface area (Å²) in [6, 6.07) is 5.60. The lowest BCUT2D eigenvalue weighted by Gasteiger charge is -2.05. The highest BCUT2D eigenvalue weighted by molar-refractivity contribution is 9.11. The summed E-state index contributed by atoms with van der Waals surface area (Å²) >= 11 is 3.24. The van der Waals surface area contributed by atoms with Crippen LogP contribution in [-0.4, -0.2) is 11.5 Å². The highest BCUT2D eigenvalue weighted by Crippen LogP contribution is 2.10. The number of hydrogen-bond acceptors (Lipinski definition) is 3. The van der Waals surface area contributed by atoms with E-state index in [1.807, 2.05) is 6.92 Å². The number of hydrogen-bond donors (Lipinski definition) is 1. The molecule has 0 amide bonds. The van der Waals surface area contributed by atoms with Crippen LogP contribution in [0.4, 0.5) is 5.82 Å². The van der Waals surface area contributed by atoms with Crippen LogP contribution in [0.1, 0.15) is 11.3 Å². The Labute approximate surface area is 91.6 Å². The Kier molecular flexibility index (Phi) is 3.66. The fourth-order valence-corrected chi connectivity index (χ4v) is 1.10.